The molecule has 3 N–H and O–H groups in total. The van der Waals surface area contributed by atoms with Gasteiger partial charge < -0.3 is 20.5 Å². The second-order valence-electron chi connectivity index (χ2n) is 5.37. The molecule has 0 aromatic rings. The normalized spacial score (nSPS) is 14.3. The van der Waals surface area contributed by atoms with Crippen molar-refractivity contribution in [2.75, 3.05) is 13.7 Å². The number of carbonyl (C=O) groups excluding carboxylic acids is 1. The summed E-state index contributed by atoms with van der Waals surface area (Å²) in [4.78, 5) is 22.6. The van der Waals surface area contributed by atoms with Crippen LogP contribution < -0.4 is 10.6 Å². The second-order valence-corrected chi connectivity index (χ2v) is 5.37. The van der Waals surface area contributed by atoms with Crippen LogP contribution in [0, 0.1) is 11.8 Å². The van der Waals surface area contributed by atoms with Crippen LogP contribution in [-0.2, 0) is 9.53 Å². The molecule has 2 amide bonds. The molecule has 6 nitrogen and oxygen atoms in total. The Bertz CT molecular complexity index is 292. The SMILES string of the molecule is COCC(NC(=O)NC(CC(=O)O)C(C)C)C(C)C. The summed E-state index contributed by atoms with van der Waals surface area (Å²) >= 11 is 0. The maximum Gasteiger partial charge on any atom is 0.315 e. The van der Waals surface area contributed by atoms with E-state index in [1.165, 1.54) is 0 Å². The minimum Gasteiger partial charge on any atom is -0.481 e. The maximum atomic E-state index is 11.9. The van der Waals surface area contributed by atoms with Gasteiger partial charge in [0, 0.05) is 13.2 Å². The highest BCUT2D eigenvalue weighted by atomic mass is 16.5. The third-order valence-corrected chi connectivity index (χ3v) is 2.98. The monoisotopic (exact) mass is 274 g/mol. The van der Waals surface area contributed by atoms with Crippen LogP contribution in [0.4, 0.5) is 4.79 Å². The number of ether oxygens (including phenoxy) is 1. The number of urea groups is 1. The van der Waals surface area contributed by atoms with Crippen LogP contribution in [0.1, 0.15) is 34.1 Å². The molecule has 2 unspecified atom stereocenters. The van der Waals surface area contributed by atoms with Crippen molar-refractivity contribution in [1.82, 2.24) is 10.6 Å². The van der Waals surface area contributed by atoms with E-state index in [2.05, 4.69) is 10.6 Å². The van der Waals surface area contributed by atoms with Crippen LogP contribution in [0.5, 0.6) is 0 Å². The predicted molar refractivity (Wildman–Crippen MR) is 73.0 cm³/mol. The molecule has 0 radical (unpaired) electrons. The lowest BCUT2D eigenvalue weighted by Gasteiger charge is -2.25. The molecule has 0 aliphatic carbocycles. The van der Waals surface area contributed by atoms with Crippen molar-refractivity contribution in [3.8, 4) is 0 Å². The summed E-state index contributed by atoms with van der Waals surface area (Å²) in [7, 11) is 1.58. The lowest BCUT2D eigenvalue weighted by molar-refractivity contribution is -0.137. The highest BCUT2D eigenvalue weighted by molar-refractivity contribution is 5.76. The van der Waals surface area contributed by atoms with E-state index in [1.54, 1.807) is 7.11 Å². The summed E-state index contributed by atoms with van der Waals surface area (Å²) in [5, 5.41) is 14.3. The highest BCUT2D eigenvalue weighted by Gasteiger charge is 2.22. The Hall–Kier alpha value is -1.30. The zero-order valence-corrected chi connectivity index (χ0v) is 12.4. The molecule has 0 aromatic carbocycles. The Kier molecular flexibility index (Phi) is 8.14. The molecule has 0 aliphatic rings. The molecule has 0 spiro atoms. The van der Waals surface area contributed by atoms with Crippen molar-refractivity contribution in [3.63, 3.8) is 0 Å². The van der Waals surface area contributed by atoms with Gasteiger partial charge in [0.15, 0.2) is 0 Å². The summed E-state index contributed by atoms with van der Waals surface area (Å²) in [5.41, 5.74) is 0. The van der Waals surface area contributed by atoms with Gasteiger partial charge in [0.05, 0.1) is 19.1 Å². The fraction of sp³-hybridized carbons (Fsp3) is 0.846. The van der Waals surface area contributed by atoms with Gasteiger partial charge in [-0.1, -0.05) is 27.7 Å². The number of hydrogen-bond acceptors (Lipinski definition) is 3. The van der Waals surface area contributed by atoms with Crippen molar-refractivity contribution in [2.45, 2.75) is 46.2 Å². The molecule has 0 heterocycles. The first-order chi connectivity index (χ1) is 8.77. The third-order valence-electron chi connectivity index (χ3n) is 2.98. The lowest BCUT2D eigenvalue weighted by Crippen LogP contribution is -2.51. The van der Waals surface area contributed by atoms with Gasteiger partial charge >= 0.3 is 12.0 Å². The summed E-state index contributed by atoms with van der Waals surface area (Å²) in [5.74, 6) is -0.624. The van der Waals surface area contributed by atoms with Gasteiger partial charge in [-0.2, -0.15) is 0 Å². The van der Waals surface area contributed by atoms with Crippen LogP contribution in [0.3, 0.4) is 0 Å². The number of hydrogen-bond donors (Lipinski definition) is 3. The van der Waals surface area contributed by atoms with E-state index in [4.69, 9.17) is 9.84 Å². The van der Waals surface area contributed by atoms with Gasteiger partial charge in [-0.15, -0.1) is 0 Å². The number of amides is 2. The molecule has 0 bridgehead atoms. The van der Waals surface area contributed by atoms with E-state index < -0.39 is 5.97 Å². The molecular weight excluding hydrogens is 248 g/mol. The molecule has 0 aliphatic heterocycles. The summed E-state index contributed by atoms with van der Waals surface area (Å²) in [6, 6.07) is -0.828. The van der Waals surface area contributed by atoms with Crippen molar-refractivity contribution in [3.05, 3.63) is 0 Å². The zero-order chi connectivity index (χ0) is 15.0. The van der Waals surface area contributed by atoms with E-state index in [-0.39, 0.29) is 36.4 Å². The van der Waals surface area contributed by atoms with Gasteiger partial charge in [0.2, 0.25) is 0 Å². The summed E-state index contributed by atoms with van der Waals surface area (Å²) in [6.07, 6.45) is -0.0816. The number of nitrogens with one attached hydrogen (secondary N) is 2. The molecule has 0 fully saturated rings. The van der Waals surface area contributed by atoms with E-state index >= 15 is 0 Å². The van der Waals surface area contributed by atoms with Gasteiger partial charge in [-0.25, -0.2) is 4.79 Å². The van der Waals surface area contributed by atoms with Gasteiger partial charge in [0.1, 0.15) is 0 Å². The van der Waals surface area contributed by atoms with Gasteiger partial charge in [-0.05, 0) is 11.8 Å². The smallest absolute Gasteiger partial charge is 0.315 e. The zero-order valence-electron chi connectivity index (χ0n) is 12.4. The topological polar surface area (TPSA) is 87.7 Å². The Balaban J connectivity index is 4.42. The first kappa shape index (κ1) is 17.7. The average Bonchev–Trinajstić information content (AvgIpc) is 2.26. The quantitative estimate of drug-likeness (QED) is 0.625. The number of aliphatic carboxylic acids is 1. The maximum absolute atomic E-state index is 11.9. The summed E-state index contributed by atoms with van der Waals surface area (Å²) in [6.45, 7) is 8.16. The lowest BCUT2D eigenvalue weighted by atomic mass is 10.0. The molecule has 0 aromatic heterocycles. The average molecular weight is 274 g/mol. The van der Waals surface area contributed by atoms with Crippen molar-refractivity contribution in [1.29, 1.82) is 0 Å². The molecule has 6 heteroatoms. The first-order valence-corrected chi connectivity index (χ1v) is 6.55. The number of carboxylic acid groups (broad SMARTS) is 1. The highest BCUT2D eigenvalue weighted by Crippen LogP contribution is 2.07. The molecule has 19 heavy (non-hydrogen) atoms. The Morgan fingerprint density at radius 2 is 1.53 bits per heavy atom. The second kappa shape index (κ2) is 8.74. The molecule has 0 saturated carbocycles. The fourth-order valence-corrected chi connectivity index (χ4v) is 1.60. The largest absolute Gasteiger partial charge is 0.481 e. The molecular formula is C13H26N2O4. The number of rotatable bonds is 8. The standard InChI is InChI=1S/C13H26N2O4/c1-8(2)10(6-12(16)17)14-13(18)15-11(7-19-5)9(3)4/h8-11H,6-7H2,1-5H3,(H,16,17)(H2,14,15,18). The summed E-state index contributed by atoms with van der Waals surface area (Å²) < 4.78 is 5.05. The predicted octanol–water partition coefficient (Wildman–Crippen LogP) is 1.46. The molecule has 112 valence electrons. The minimum absolute atomic E-state index is 0.0572. The Labute approximate surface area is 114 Å². The fourth-order valence-electron chi connectivity index (χ4n) is 1.60. The number of carbonyl (C=O) groups is 2. The van der Waals surface area contributed by atoms with Gasteiger partial charge in [-0.3, -0.25) is 4.79 Å². The minimum atomic E-state index is -0.920. The van der Waals surface area contributed by atoms with E-state index in [0.717, 1.165) is 0 Å². The Morgan fingerprint density at radius 3 is 1.89 bits per heavy atom. The molecule has 0 saturated heterocycles. The molecule has 0 rings (SSSR count). The van der Waals surface area contributed by atoms with Crippen LogP contribution in [-0.4, -0.2) is 42.9 Å². The van der Waals surface area contributed by atoms with Crippen molar-refractivity contribution in [2.24, 2.45) is 11.8 Å². The van der Waals surface area contributed by atoms with Crippen LogP contribution in [0.25, 0.3) is 0 Å². The van der Waals surface area contributed by atoms with E-state index in [9.17, 15) is 9.59 Å². The van der Waals surface area contributed by atoms with Crippen LogP contribution >= 0.6 is 0 Å². The molecule has 2 atom stereocenters. The Morgan fingerprint density at radius 1 is 1.05 bits per heavy atom. The first-order valence-electron chi connectivity index (χ1n) is 6.55. The third kappa shape index (κ3) is 7.66. The number of carboxylic acids is 1. The van der Waals surface area contributed by atoms with E-state index in [0.29, 0.717) is 6.61 Å². The van der Waals surface area contributed by atoms with E-state index in [1.807, 2.05) is 27.7 Å². The van der Waals surface area contributed by atoms with Crippen LogP contribution in [0.15, 0.2) is 0 Å². The van der Waals surface area contributed by atoms with Crippen molar-refractivity contribution < 1.29 is 19.4 Å². The number of methoxy groups -OCH3 is 1. The van der Waals surface area contributed by atoms with Gasteiger partial charge in [0.25, 0.3) is 0 Å². The van der Waals surface area contributed by atoms with Crippen molar-refractivity contribution >= 4 is 12.0 Å². The van der Waals surface area contributed by atoms with Crippen LogP contribution in [0.2, 0.25) is 0 Å².